The van der Waals surface area contributed by atoms with Crippen molar-refractivity contribution in [3.8, 4) is 5.88 Å². The number of rotatable bonds is 0. The van der Waals surface area contributed by atoms with Crippen molar-refractivity contribution in [1.82, 2.24) is 9.38 Å². The number of halogens is 1. The fraction of sp³-hybridized carbons (Fsp3) is 0.167. The molecule has 5 heteroatoms. The molecule has 0 atom stereocenters. The minimum absolute atomic E-state index is 0.413. The number of nitrogens with zero attached hydrogens (tertiary/aromatic N) is 2. The topological polar surface area (TPSA) is 37.5 Å². The third-order valence-electron chi connectivity index (χ3n) is 1.38. The van der Waals surface area contributed by atoms with E-state index in [-0.39, 0.29) is 0 Å². The van der Waals surface area contributed by atoms with Crippen LogP contribution in [-0.4, -0.2) is 14.5 Å². The predicted octanol–water partition coefficient (Wildman–Crippen LogP) is 1.55. The minimum atomic E-state index is -0.809. The largest absolute Gasteiger partial charge is 0.491 e. The second kappa shape index (κ2) is 1.94. The van der Waals surface area contributed by atoms with E-state index < -0.39 is 11.8 Å². The van der Waals surface area contributed by atoms with E-state index in [0.717, 1.165) is 4.88 Å². The summed E-state index contributed by atoms with van der Waals surface area (Å²) < 4.78 is 13.9. The van der Waals surface area contributed by atoms with Crippen molar-refractivity contribution in [1.29, 1.82) is 0 Å². The summed E-state index contributed by atoms with van der Waals surface area (Å²) in [6.45, 7) is 1.87. The minimum Gasteiger partial charge on any atom is -0.491 e. The molecule has 2 heterocycles. The molecule has 0 fully saturated rings. The second-order valence-electron chi connectivity index (χ2n) is 2.22. The Kier molecular flexibility index (Phi) is 1.17. The van der Waals surface area contributed by atoms with Crippen LogP contribution >= 0.6 is 11.3 Å². The molecule has 0 unspecified atom stereocenters. The van der Waals surface area contributed by atoms with Gasteiger partial charge in [0.05, 0.1) is 0 Å². The summed E-state index contributed by atoms with van der Waals surface area (Å²) in [5.41, 5.74) is 0. The van der Waals surface area contributed by atoms with E-state index >= 15 is 0 Å². The summed E-state index contributed by atoms with van der Waals surface area (Å²) in [6.07, 6.45) is 1.64. The van der Waals surface area contributed by atoms with Gasteiger partial charge in [-0.2, -0.15) is 9.37 Å². The molecule has 0 aliphatic carbocycles. The van der Waals surface area contributed by atoms with Crippen LogP contribution in [0, 0.1) is 12.9 Å². The van der Waals surface area contributed by atoms with Gasteiger partial charge in [0.1, 0.15) is 0 Å². The van der Waals surface area contributed by atoms with E-state index in [1.807, 2.05) is 6.92 Å². The molecule has 0 spiro atoms. The zero-order valence-electron chi connectivity index (χ0n) is 5.71. The van der Waals surface area contributed by atoms with Gasteiger partial charge < -0.3 is 5.11 Å². The van der Waals surface area contributed by atoms with Crippen LogP contribution in [0.3, 0.4) is 0 Å². The highest BCUT2D eigenvalue weighted by Gasteiger charge is 2.11. The molecule has 0 aliphatic rings. The first-order chi connectivity index (χ1) is 5.18. The Bertz CT molecular complexity index is 406. The lowest BCUT2D eigenvalue weighted by Gasteiger charge is -1.83. The normalized spacial score (nSPS) is 11.1. The third kappa shape index (κ3) is 0.808. The van der Waals surface area contributed by atoms with Crippen LogP contribution < -0.4 is 0 Å². The molecular formula is C6H5FN2OS. The van der Waals surface area contributed by atoms with E-state index in [1.165, 1.54) is 15.7 Å². The Balaban J connectivity index is 2.88. The summed E-state index contributed by atoms with van der Waals surface area (Å²) in [5.74, 6) is -1.22. The lowest BCUT2D eigenvalue weighted by Crippen LogP contribution is -1.75. The number of aryl methyl sites for hydroxylation is 1. The monoisotopic (exact) mass is 172 g/mol. The van der Waals surface area contributed by atoms with Gasteiger partial charge in [0, 0.05) is 11.1 Å². The zero-order chi connectivity index (χ0) is 8.01. The van der Waals surface area contributed by atoms with Crippen molar-refractivity contribution in [3.63, 3.8) is 0 Å². The second-order valence-corrected chi connectivity index (χ2v) is 3.43. The lowest BCUT2D eigenvalue weighted by atomic mass is 10.6. The number of hydrogen-bond donors (Lipinski definition) is 1. The highest BCUT2D eigenvalue weighted by atomic mass is 32.1. The number of aromatic hydroxyl groups is 1. The van der Waals surface area contributed by atoms with Crippen molar-refractivity contribution in [2.45, 2.75) is 6.92 Å². The molecule has 2 aromatic heterocycles. The Hall–Kier alpha value is -1.10. The fourth-order valence-electron chi connectivity index (χ4n) is 0.918. The average molecular weight is 172 g/mol. The Morgan fingerprint density at radius 3 is 3.09 bits per heavy atom. The molecule has 0 radical (unpaired) electrons. The first-order valence-corrected chi connectivity index (χ1v) is 3.83. The third-order valence-corrected chi connectivity index (χ3v) is 2.27. The Labute approximate surface area is 65.7 Å². The summed E-state index contributed by atoms with van der Waals surface area (Å²) >= 11 is 1.34. The first-order valence-electron chi connectivity index (χ1n) is 3.01. The van der Waals surface area contributed by atoms with Gasteiger partial charge in [-0.15, -0.1) is 11.3 Å². The van der Waals surface area contributed by atoms with Crippen molar-refractivity contribution >= 4 is 16.3 Å². The molecule has 0 aliphatic heterocycles. The van der Waals surface area contributed by atoms with E-state index in [1.54, 1.807) is 6.20 Å². The lowest BCUT2D eigenvalue weighted by molar-refractivity contribution is 0.404. The van der Waals surface area contributed by atoms with E-state index in [9.17, 15) is 4.39 Å². The molecule has 11 heavy (non-hydrogen) atoms. The Morgan fingerprint density at radius 2 is 2.45 bits per heavy atom. The van der Waals surface area contributed by atoms with Crippen LogP contribution in [0.1, 0.15) is 4.88 Å². The summed E-state index contributed by atoms with van der Waals surface area (Å²) in [5, 5.41) is 9.04. The molecule has 0 saturated heterocycles. The van der Waals surface area contributed by atoms with Crippen LogP contribution in [0.15, 0.2) is 6.20 Å². The standard InChI is InChI=1S/C6H5FN2OS/c1-3-2-9-5(10)4(7)8-6(9)11-3/h2,10H,1H3. The molecule has 2 rings (SSSR count). The van der Waals surface area contributed by atoms with Crippen molar-refractivity contribution in [2.24, 2.45) is 0 Å². The summed E-state index contributed by atoms with van der Waals surface area (Å²) in [7, 11) is 0. The molecule has 0 bridgehead atoms. The maximum absolute atomic E-state index is 12.5. The molecule has 3 nitrogen and oxygen atoms in total. The summed E-state index contributed by atoms with van der Waals surface area (Å²) in [4.78, 5) is 4.97. The number of thiazole rings is 1. The van der Waals surface area contributed by atoms with Crippen LogP contribution in [0.2, 0.25) is 0 Å². The van der Waals surface area contributed by atoms with Crippen molar-refractivity contribution in [3.05, 3.63) is 17.0 Å². The molecular weight excluding hydrogens is 167 g/mol. The van der Waals surface area contributed by atoms with E-state index in [4.69, 9.17) is 5.11 Å². The molecule has 58 valence electrons. The smallest absolute Gasteiger partial charge is 0.276 e. The highest BCUT2D eigenvalue weighted by molar-refractivity contribution is 7.17. The average Bonchev–Trinajstić information content (AvgIpc) is 2.37. The first kappa shape index (κ1) is 6.60. The fourth-order valence-corrected chi connectivity index (χ4v) is 1.73. The van der Waals surface area contributed by atoms with E-state index in [0.29, 0.717) is 4.96 Å². The van der Waals surface area contributed by atoms with Crippen LogP contribution in [0.25, 0.3) is 4.96 Å². The van der Waals surface area contributed by atoms with Gasteiger partial charge in [-0.3, -0.25) is 4.40 Å². The van der Waals surface area contributed by atoms with Gasteiger partial charge in [0.25, 0.3) is 11.8 Å². The van der Waals surface area contributed by atoms with Gasteiger partial charge in [-0.25, -0.2) is 0 Å². The maximum Gasteiger partial charge on any atom is 0.276 e. The van der Waals surface area contributed by atoms with Gasteiger partial charge in [0.2, 0.25) is 0 Å². The maximum atomic E-state index is 12.5. The van der Waals surface area contributed by atoms with Crippen LogP contribution in [0.5, 0.6) is 5.88 Å². The van der Waals surface area contributed by atoms with E-state index in [2.05, 4.69) is 4.98 Å². The number of fused-ring (bicyclic) bond motifs is 1. The van der Waals surface area contributed by atoms with Gasteiger partial charge in [0.15, 0.2) is 4.96 Å². The SMILES string of the molecule is Cc1cn2c(O)c(F)nc2s1. The predicted molar refractivity (Wildman–Crippen MR) is 39.4 cm³/mol. The van der Waals surface area contributed by atoms with Gasteiger partial charge in [-0.05, 0) is 6.92 Å². The van der Waals surface area contributed by atoms with Crippen LogP contribution in [-0.2, 0) is 0 Å². The van der Waals surface area contributed by atoms with Crippen molar-refractivity contribution < 1.29 is 9.50 Å². The number of imidazole rings is 1. The molecule has 0 aromatic carbocycles. The quantitative estimate of drug-likeness (QED) is 0.654. The zero-order valence-corrected chi connectivity index (χ0v) is 6.52. The summed E-state index contributed by atoms with van der Waals surface area (Å²) in [6, 6.07) is 0. The number of hydrogen-bond acceptors (Lipinski definition) is 3. The molecule has 0 saturated carbocycles. The van der Waals surface area contributed by atoms with Crippen LogP contribution in [0.4, 0.5) is 4.39 Å². The molecule has 0 amide bonds. The molecule has 1 N–H and O–H groups in total. The van der Waals surface area contributed by atoms with Gasteiger partial charge >= 0.3 is 0 Å². The molecule has 2 aromatic rings. The van der Waals surface area contributed by atoms with Crippen molar-refractivity contribution in [2.75, 3.05) is 0 Å². The van der Waals surface area contributed by atoms with Gasteiger partial charge in [-0.1, -0.05) is 0 Å². The highest BCUT2D eigenvalue weighted by Crippen LogP contribution is 2.23. The number of aromatic nitrogens is 2. The Morgan fingerprint density at radius 1 is 1.73 bits per heavy atom.